The highest BCUT2D eigenvalue weighted by Gasteiger charge is 2.31. The zero-order valence-corrected chi connectivity index (χ0v) is 9.70. The third kappa shape index (κ3) is 2.92. The van der Waals surface area contributed by atoms with E-state index in [9.17, 15) is 5.11 Å². The second-order valence-corrected chi connectivity index (χ2v) is 4.50. The quantitative estimate of drug-likeness (QED) is 0.827. The Morgan fingerprint density at radius 1 is 1.62 bits per heavy atom. The first-order valence-electron chi connectivity index (χ1n) is 5.29. The lowest BCUT2D eigenvalue weighted by Crippen LogP contribution is -2.40. The summed E-state index contributed by atoms with van der Waals surface area (Å²) in [5, 5.41) is 13.8. The molecule has 4 nitrogen and oxygen atoms in total. The number of nitrogens with one attached hydrogen (secondary N) is 1. The molecule has 0 spiro atoms. The smallest absolute Gasteiger partial charge is 0.102 e. The van der Waals surface area contributed by atoms with Gasteiger partial charge in [-0.15, -0.1) is 0 Å². The Morgan fingerprint density at radius 3 is 3.19 bits per heavy atom. The number of aromatic nitrogens is 1. The standard InChI is InChI=1S/C11H15ClN2O2/c12-10-6-13-3-1-9(10)5-14-7-11(15)2-4-16-8-11/h1,3,6,14-15H,2,4-5,7-8H2. The normalized spacial score (nSPS) is 24.9. The predicted octanol–water partition coefficient (Wildman–Crippen LogP) is 0.976. The lowest BCUT2D eigenvalue weighted by Gasteiger charge is -2.20. The maximum atomic E-state index is 10.0. The fourth-order valence-corrected chi connectivity index (χ4v) is 1.90. The van der Waals surface area contributed by atoms with Crippen LogP contribution in [0.15, 0.2) is 18.5 Å². The summed E-state index contributed by atoms with van der Waals surface area (Å²) >= 11 is 5.96. The SMILES string of the molecule is OC1(CNCc2ccncc2Cl)CCOC1. The van der Waals surface area contributed by atoms with Gasteiger partial charge in [0.2, 0.25) is 0 Å². The molecular weight excluding hydrogens is 228 g/mol. The molecule has 1 aliphatic rings. The summed E-state index contributed by atoms with van der Waals surface area (Å²) in [6.45, 7) is 2.19. The van der Waals surface area contributed by atoms with Crippen molar-refractivity contribution in [2.45, 2.75) is 18.6 Å². The molecule has 0 amide bonds. The Hall–Kier alpha value is -0.680. The topological polar surface area (TPSA) is 54.4 Å². The van der Waals surface area contributed by atoms with Gasteiger partial charge in [-0.25, -0.2) is 0 Å². The second kappa shape index (κ2) is 5.10. The minimum absolute atomic E-state index is 0.407. The van der Waals surface area contributed by atoms with Crippen molar-refractivity contribution in [2.75, 3.05) is 19.8 Å². The van der Waals surface area contributed by atoms with Crippen molar-refractivity contribution in [3.8, 4) is 0 Å². The van der Waals surface area contributed by atoms with Gasteiger partial charge < -0.3 is 15.2 Å². The molecule has 1 aliphatic heterocycles. The Kier molecular flexibility index (Phi) is 3.76. The van der Waals surface area contributed by atoms with E-state index in [2.05, 4.69) is 10.3 Å². The first kappa shape index (κ1) is 11.8. The zero-order valence-electron chi connectivity index (χ0n) is 8.95. The van der Waals surface area contributed by atoms with Crippen LogP contribution < -0.4 is 5.32 Å². The Morgan fingerprint density at radius 2 is 2.50 bits per heavy atom. The molecular formula is C11H15ClN2O2. The highest BCUT2D eigenvalue weighted by molar-refractivity contribution is 6.31. The highest BCUT2D eigenvalue weighted by Crippen LogP contribution is 2.18. The van der Waals surface area contributed by atoms with Crippen molar-refractivity contribution in [1.82, 2.24) is 10.3 Å². The molecule has 0 aliphatic carbocycles. The van der Waals surface area contributed by atoms with Gasteiger partial charge in [-0.1, -0.05) is 11.6 Å². The maximum Gasteiger partial charge on any atom is 0.102 e. The van der Waals surface area contributed by atoms with Gasteiger partial charge in [0, 0.05) is 38.5 Å². The molecule has 2 heterocycles. The maximum absolute atomic E-state index is 10.0. The third-order valence-electron chi connectivity index (χ3n) is 2.71. The van der Waals surface area contributed by atoms with Crippen LogP contribution >= 0.6 is 11.6 Å². The molecule has 1 saturated heterocycles. The number of rotatable bonds is 4. The van der Waals surface area contributed by atoms with Crippen LogP contribution in [-0.2, 0) is 11.3 Å². The fourth-order valence-electron chi connectivity index (χ4n) is 1.71. The van der Waals surface area contributed by atoms with Crippen LogP contribution in [0.2, 0.25) is 5.02 Å². The van der Waals surface area contributed by atoms with Crippen LogP contribution in [0.4, 0.5) is 0 Å². The van der Waals surface area contributed by atoms with Crippen LogP contribution in [0.1, 0.15) is 12.0 Å². The van der Waals surface area contributed by atoms with Crippen molar-refractivity contribution < 1.29 is 9.84 Å². The first-order chi connectivity index (χ1) is 7.70. The molecule has 88 valence electrons. The number of halogens is 1. The van der Waals surface area contributed by atoms with E-state index in [0.29, 0.717) is 37.7 Å². The molecule has 1 fully saturated rings. The number of hydrogen-bond donors (Lipinski definition) is 2. The van der Waals surface area contributed by atoms with Crippen molar-refractivity contribution in [1.29, 1.82) is 0 Å². The van der Waals surface area contributed by atoms with Crippen LogP contribution in [0.5, 0.6) is 0 Å². The second-order valence-electron chi connectivity index (χ2n) is 4.10. The Labute approximate surface area is 99.6 Å². The summed E-state index contributed by atoms with van der Waals surface area (Å²) < 4.78 is 5.16. The lowest BCUT2D eigenvalue weighted by molar-refractivity contribution is 0.0268. The van der Waals surface area contributed by atoms with Crippen molar-refractivity contribution in [2.24, 2.45) is 0 Å². The highest BCUT2D eigenvalue weighted by atomic mass is 35.5. The molecule has 0 radical (unpaired) electrons. The van der Waals surface area contributed by atoms with E-state index in [1.54, 1.807) is 12.4 Å². The van der Waals surface area contributed by atoms with E-state index >= 15 is 0 Å². The Bertz CT molecular complexity index is 354. The van der Waals surface area contributed by atoms with Gasteiger partial charge in [-0.3, -0.25) is 4.98 Å². The number of hydrogen-bond acceptors (Lipinski definition) is 4. The number of pyridine rings is 1. The molecule has 1 unspecified atom stereocenters. The Balaban J connectivity index is 1.82. The van der Waals surface area contributed by atoms with Crippen molar-refractivity contribution in [3.05, 3.63) is 29.0 Å². The first-order valence-corrected chi connectivity index (χ1v) is 5.67. The van der Waals surface area contributed by atoms with Gasteiger partial charge in [-0.2, -0.15) is 0 Å². The average molecular weight is 243 g/mol. The van der Waals surface area contributed by atoms with E-state index in [0.717, 1.165) is 5.56 Å². The summed E-state index contributed by atoms with van der Waals surface area (Å²) in [5.41, 5.74) is 0.263. The molecule has 2 rings (SSSR count). The summed E-state index contributed by atoms with van der Waals surface area (Å²) in [6, 6.07) is 1.87. The van der Waals surface area contributed by atoms with E-state index in [1.165, 1.54) is 0 Å². The van der Waals surface area contributed by atoms with Gasteiger partial charge in [0.15, 0.2) is 0 Å². The van der Waals surface area contributed by atoms with Gasteiger partial charge in [0.05, 0.1) is 11.6 Å². The number of aliphatic hydroxyl groups is 1. The van der Waals surface area contributed by atoms with Crippen LogP contribution in [-0.4, -0.2) is 35.5 Å². The van der Waals surface area contributed by atoms with Crippen LogP contribution in [0.25, 0.3) is 0 Å². The molecule has 1 aromatic rings. The average Bonchev–Trinajstić information content (AvgIpc) is 2.68. The van der Waals surface area contributed by atoms with Gasteiger partial charge in [-0.05, 0) is 11.6 Å². The molecule has 0 aromatic carbocycles. The van der Waals surface area contributed by atoms with Gasteiger partial charge >= 0.3 is 0 Å². The minimum atomic E-state index is -0.723. The largest absolute Gasteiger partial charge is 0.386 e. The van der Waals surface area contributed by atoms with Gasteiger partial charge in [0.1, 0.15) is 5.60 Å². The van der Waals surface area contributed by atoms with Crippen molar-refractivity contribution in [3.63, 3.8) is 0 Å². The van der Waals surface area contributed by atoms with E-state index in [4.69, 9.17) is 16.3 Å². The summed E-state index contributed by atoms with van der Waals surface area (Å²) in [5.74, 6) is 0. The van der Waals surface area contributed by atoms with Gasteiger partial charge in [0.25, 0.3) is 0 Å². The molecule has 1 aromatic heterocycles. The van der Waals surface area contributed by atoms with E-state index < -0.39 is 5.60 Å². The van der Waals surface area contributed by atoms with E-state index in [1.807, 2.05) is 6.07 Å². The van der Waals surface area contributed by atoms with Crippen LogP contribution in [0, 0.1) is 0 Å². The van der Waals surface area contributed by atoms with E-state index in [-0.39, 0.29) is 0 Å². The minimum Gasteiger partial charge on any atom is -0.386 e. The molecule has 5 heteroatoms. The monoisotopic (exact) mass is 242 g/mol. The third-order valence-corrected chi connectivity index (χ3v) is 3.05. The molecule has 0 saturated carbocycles. The predicted molar refractivity (Wildman–Crippen MR) is 61.3 cm³/mol. The summed E-state index contributed by atoms with van der Waals surface area (Å²) in [4.78, 5) is 3.91. The summed E-state index contributed by atoms with van der Waals surface area (Å²) in [6.07, 6.45) is 4.01. The van der Waals surface area contributed by atoms with Crippen molar-refractivity contribution >= 4 is 11.6 Å². The molecule has 2 N–H and O–H groups in total. The molecule has 0 bridgehead atoms. The van der Waals surface area contributed by atoms with Crippen LogP contribution in [0.3, 0.4) is 0 Å². The number of nitrogens with zero attached hydrogens (tertiary/aromatic N) is 1. The molecule has 16 heavy (non-hydrogen) atoms. The lowest BCUT2D eigenvalue weighted by atomic mass is 10.0. The summed E-state index contributed by atoms with van der Waals surface area (Å²) in [7, 11) is 0. The number of ether oxygens (including phenoxy) is 1. The fraction of sp³-hybridized carbons (Fsp3) is 0.545. The molecule has 1 atom stereocenters. The zero-order chi connectivity index (χ0) is 11.4.